The van der Waals surface area contributed by atoms with E-state index in [1.165, 1.54) is 17.4 Å². The molecule has 0 aliphatic heterocycles. The lowest BCUT2D eigenvalue weighted by molar-refractivity contribution is -0.131. The average Bonchev–Trinajstić information content (AvgIpc) is 2.80. The molecule has 0 saturated heterocycles. The Morgan fingerprint density at radius 3 is 2.68 bits per heavy atom. The van der Waals surface area contributed by atoms with Crippen molar-refractivity contribution < 1.29 is 18.7 Å². The Balaban J connectivity index is 2.38. The molecule has 2 aromatic rings. The first-order chi connectivity index (χ1) is 8.97. The maximum absolute atomic E-state index is 13.7. The Labute approximate surface area is 120 Å². The van der Waals surface area contributed by atoms with Gasteiger partial charge in [-0.25, -0.2) is 13.6 Å². The third-order valence-corrected chi connectivity index (χ3v) is 3.98. The summed E-state index contributed by atoms with van der Waals surface area (Å²) in [6.07, 6.45) is 2.40. The van der Waals surface area contributed by atoms with Crippen molar-refractivity contribution in [1.82, 2.24) is 0 Å². The molecule has 0 amide bonds. The van der Waals surface area contributed by atoms with Gasteiger partial charge in [0.2, 0.25) is 0 Å². The van der Waals surface area contributed by atoms with Crippen LogP contribution in [-0.2, 0) is 4.79 Å². The van der Waals surface area contributed by atoms with Crippen LogP contribution in [0.25, 0.3) is 16.5 Å². The minimum Gasteiger partial charge on any atom is -0.478 e. The Morgan fingerprint density at radius 2 is 2.00 bits per heavy atom. The summed E-state index contributed by atoms with van der Waals surface area (Å²) in [4.78, 5) is 11.6. The van der Waals surface area contributed by atoms with Crippen LogP contribution in [0.4, 0.5) is 8.78 Å². The zero-order chi connectivity index (χ0) is 14.0. The van der Waals surface area contributed by atoms with Crippen LogP contribution < -0.4 is 0 Å². The Bertz CT molecular complexity index is 665. The molecule has 0 radical (unpaired) electrons. The standard InChI is InChI=1S/C13H7BrF2O2S/c14-9-6-10(15)8(5-11(9)16)12-3-1-7(19-12)2-4-13(17)18/h1-6H,(H,17,18)/b4-2+. The van der Waals surface area contributed by atoms with Gasteiger partial charge in [0.1, 0.15) is 11.6 Å². The second-order valence-corrected chi connectivity index (χ2v) is 5.59. The summed E-state index contributed by atoms with van der Waals surface area (Å²) in [5.74, 6) is -2.15. The number of hydrogen-bond donors (Lipinski definition) is 1. The molecule has 0 aliphatic rings. The maximum atomic E-state index is 13.7. The molecule has 0 fully saturated rings. The number of aliphatic carboxylic acids is 1. The zero-order valence-electron chi connectivity index (χ0n) is 9.36. The van der Waals surface area contributed by atoms with Crippen molar-refractivity contribution in [2.24, 2.45) is 0 Å². The van der Waals surface area contributed by atoms with Crippen LogP contribution in [0.5, 0.6) is 0 Å². The van der Waals surface area contributed by atoms with Gasteiger partial charge in [-0.3, -0.25) is 0 Å². The normalized spacial score (nSPS) is 11.1. The number of thiophene rings is 1. The van der Waals surface area contributed by atoms with E-state index >= 15 is 0 Å². The molecule has 0 unspecified atom stereocenters. The summed E-state index contributed by atoms with van der Waals surface area (Å²) >= 11 is 4.10. The van der Waals surface area contributed by atoms with Gasteiger partial charge in [0, 0.05) is 21.4 Å². The van der Waals surface area contributed by atoms with E-state index in [9.17, 15) is 13.6 Å². The van der Waals surface area contributed by atoms with Crippen LogP contribution in [0.2, 0.25) is 0 Å². The van der Waals surface area contributed by atoms with Gasteiger partial charge < -0.3 is 5.11 Å². The summed E-state index contributed by atoms with van der Waals surface area (Å²) in [7, 11) is 0. The number of carboxylic acid groups (broad SMARTS) is 1. The fourth-order valence-electron chi connectivity index (χ4n) is 1.45. The second-order valence-electron chi connectivity index (χ2n) is 3.62. The SMILES string of the molecule is O=C(O)/C=C/c1ccc(-c2cc(F)c(Br)cc2F)s1. The van der Waals surface area contributed by atoms with E-state index in [-0.39, 0.29) is 10.0 Å². The van der Waals surface area contributed by atoms with Gasteiger partial charge in [-0.1, -0.05) is 0 Å². The summed E-state index contributed by atoms with van der Waals surface area (Å²) < 4.78 is 27.2. The number of carboxylic acids is 1. The van der Waals surface area contributed by atoms with Crippen LogP contribution in [0.15, 0.2) is 34.8 Å². The summed E-state index contributed by atoms with van der Waals surface area (Å²) in [6, 6.07) is 5.45. The van der Waals surface area contributed by atoms with Crippen molar-refractivity contribution in [2.45, 2.75) is 0 Å². The minimum atomic E-state index is -1.06. The summed E-state index contributed by atoms with van der Waals surface area (Å²) in [5.41, 5.74) is 0.153. The van der Waals surface area contributed by atoms with E-state index in [0.717, 1.165) is 18.2 Å². The van der Waals surface area contributed by atoms with E-state index in [1.54, 1.807) is 12.1 Å². The number of hydrogen-bond acceptors (Lipinski definition) is 2. The molecule has 1 N–H and O–H groups in total. The fraction of sp³-hybridized carbons (Fsp3) is 0. The smallest absolute Gasteiger partial charge is 0.328 e. The van der Waals surface area contributed by atoms with Gasteiger partial charge in [-0.2, -0.15) is 0 Å². The highest BCUT2D eigenvalue weighted by atomic mass is 79.9. The average molecular weight is 345 g/mol. The molecule has 0 aliphatic carbocycles. The first-order valence-electron chi connectivity index (χ1n) is 5.13. The topological polar surface area (TPSA) is 37.3 Å². The first kappa shape index (κ1) is 13.9. The van der Waals surface area contributed by atoms with Crippen LogP contribution >= 0.6 is 27.3 Å². The predicted octanol–water partition coefficient (Wildman–Crippen LogP) is 4.55. The molecular weight excluding hydrogens is 338 g/mol. The van der Waals surface area contributed by atoms with Gasteiger partial charge >= 0.3 is 5.97 Å². The minimum absolute atomic E-state index is 0.0660. The third kappa shape index (κ3) is 3.27. The maximum Gasteiger partial charge on any atom is 0.328 e. The number of rotatable bonds is 3. The highest BCUT2D eigenvalue weighted by Crippen LogP contribution is 2.33. The van der Waals surface area contributed by atoms with E-state index < -0.39 is 17.6 Å². The number of carbonyl (C=O) groups is 1. The van der Waals surface area contributed by atoms with Gasteiger partial charge in [0.25, 0.3) is 0 Å². The van der Waals surface area contributed by atoms with Crippen LogP contribution in [0, 0.1) is 11.6 Å². The molecular formula is C13H7BrF2O2S. The lowest BCUT2D eigenvalue weighted by Gasteiger charge is -2.02. The van der Waals surface area contributed by atoms with Crippen molar-refractivity contribution in [3.05, 3.63) is 51.3 Å². The summed E-state index contributed by atoms with van der Waals surface area (Å²) in [6.45, 7) is 0. The van der Waals surface area contributed by atoms with Gasteiger partial charge in [0.05, 0.1) is 4.47 Å². The molecule has 2 nitrogen and oxygen atoms in total. The monoisotopic (exact) mass is 344 g/mol. The molecule has 1 aromatic carbocycles. The Kier molecular flexibility index (Phi) is 4.11. The first-order valence-corrected chi connectivity index (χ1v) is 6.74. The quantitative estimate of drug-likeness (QED) is 0.654. The van der Waals surface area contributed by atoms with E-state index in [0.29, 0.717) is 9.75 Å². The Morgan fingerprint density at radius 1 is 1.26 bits per heavy atom. The predicted molar refractivity (Wildman–Crippen MR) is 74.0 cm³/mol. The molecule has 0 saturated carbocycles. The summed E-state index contributed by atoms with van der Waals surface area (Å²) in [5, 5.41) is 8.51. The Hall–Kier alpha value is -1.53. The van der Waals surface area contributed by atoms with Gasteiger partial charge in [-0.05, 0) is 46.3 Å². The van der Waals surface area contributed by atoms with Crippen molar-refractivity contribution in [3.63, 3.8) is 0 Å². The second kappa shape index (κ2) is 5.63. The van der Waals surface area contributed by atoms with Crippen LogP contribution in [0.1, 0.15) is 4.88 Å². The molecule has 0 atom stereocenters. The van der Waals surface area contributed by atoms with Crippen molar-refractivity contribution >= 4 is 39.3 Å². The molecule has 19 heavy (non-hydrogen) atoms. The van der Waals surface area contributed by atoms with Crippen molar-refractivity contribution in [1.29, 1.82) is 0 Å². The fourth-order valence-corrected chi connectivity index (χ4v) is 2.70. The molecule has 1 aromatic heterocycles. The van der Waals surface area contributed by atoms with E-state index in [4.69, 9.17) is 5.11 Å². The molecule has 98 valence electrons. The largest absolute Gasteiger partial charge is 0.478 e. The lowest BCUT2D eigenvalue weighted by Crippen LogP contribution is -1.86. The highest BCUT2D eigenvalue weighted by molar-refractivity contribution is 9.10. The van der Waals surface area contributed by atoms with E-state index in [2.05, 4.69) is 15.9 Å². The lowest BCUT2D eigenvalue weighted by atomic mass is 10.2. The van der Waals surface area contributed by atoms with Gasteiger partial charge in [0.15, 0.2) is 0 Å². The van der Waals surface area contributed by atoms with Crippen LogP contribution in [-0.4, -0.2) is 11.1 Å². The van der Waals surface area contributed by atoms with Crippen LogP contribution in [0.3, 0.4) is 0 Å². The van der Waals surface area contributed by atoms with Crippen molar-refractivity contribution in [3.8, 4) is 10.4 Å². The zero-order valence-corrected chi connectivity index (χ0v) is 11.8. The van der Waals surface area contributed by atoms with E-state index in [1.807, 2.05) is 0 Å². The number of benzene rings is 1. The molecule has 0 bridgehead atoms. The van der Waals surface area contributed by atoms with Gasteiger partial charge in [-0.15, -0.1) is 11.3 Å². The van der Waals surface area contributed by atoms with Crippen molar-refractivity contribution in [2.75, 3.05) is 0 Å². The third-order valence-electron chi connectivity index (χ3n) is 2.29. The molecule has 1 heterocycles. The number of halogens is 3. The molecule has 2 rings (SSSR count). The molecule has 6 heteroatoms. The highest BCUT2D eigenvalue weighted by Gasteiger charge is 2.11. The molecule has 0 spiro atoms.